The van der Waals surface area contributed by atoms with Crippen molar-refractivity contribution in [2.24, 2.45) is 0 Å². The summed E-state index contributed by atoms with van der Waals surface area (Å²) in [6, 6.07) is 18.2. The largest absolute Gasteiger partial charge is 0.355 e. The number of likely N-dealkylation sites (N-methyl/N-ethyl adjacent to an activating group) is 2. The highest BCUT2D eigenvalue weighted by Crippen LogP contribution is 2.40. The van der Waals surface area contributed by atoms with Crippen LogP contribution in [0.15, 0.2) is 79.1 Å². The van der Waals surface area contributed by atoms with Crippen LogP contribution in [-0.4, -0.2) is 135 Å². The second kappa shape index (κ2) is 19.9. The monoisotopic (exact) mass is 859 g/mol. The van der Waals surface area contributed by atoms with Gasteiger partial charge in [-0.15, -0.1) is 0 Å². The molecule has 2 atom stereocenters. The number of hydrogen-bond donors (Lipinski definition) is 0. The minimum atomic E-state index is -0.429. The molecule has 3 fully saturated rings. The van der Waals surface area contributed by atoms with Crippen molar-refractivity contribution in [1.29, 1.82) is 0 Å². The van der Waals surface area contributed by atoms with Gasteiger partial charge in [-0.1, -0.05) is 24.3 Å². The SMILES string of the molecule is CC(=O)/C=C/c1nc2cccc(N3CCN(C)CC3)n2c1F.Cc1cccnc1C1CC(=O)CC(c2nc3cccc(N4CCN(C)CC4)n3c2F)N1C.Cc1cccnc1C=O. The number of aromatic nitrogens is 6. The Balaban J connectivity index is 0.000000165. The van der Waals surface area contributed by atoms with Gasteiger partial charge < -0.3 is 19.6 Å². The number of piperidine rings is 1. The van der Waals surface area contributed by atoms with Crippen molar-refractivity contribution in [2.45, 2.75) is 45.7 Å². The van der Waals surface area contributed by atoms with Crippen molar-refractivity contribution in [2.75, 3.05) is 83.3 Å². The third-order valence-corrected chi connectivity index (χ3v) is 12.0. The lowest BCUT2D eigenvalue weighted by Gasteiger charge is -2.38. The summed E-state index contributed by atoms with van der Waals surface area (Å²) in [5.74, 6) is 0.793. The van der Waals surface area contributed by atoms with Crippen molar-refractivity contribution in [3.63, 3.8) is 0 Å². The molecule has 9 rings (SSSR count). The van der Waals surface area contributed by atoms with Crippen molar-refractivity contribution in [3.05, 3.63) is 125 Å². The first kappa shape index (κ1) is 44.8. The molecular formula is C47H55F2N11O3. The van der Waals surface area contributed by atoms with Gasteiger partial charge in [0.2, 0.25) is 11.9 Å². The topological polar surface area (TPSA) is 128 Å². The van der Waals surface area contributed by atoms with E-state index < -0.39 is 12.0 Å². The van der Waals surface area contributed by atoms with E-state index in [1.165, 1.54) is 23.5 Å². The highest BCUT2D eigenvalue weighted by atomic mass is 19.1. The van der Waals surface area contributed by atoms with E-state index >= 15 is 4.39 Å². The Morgan fingerprint density at radius 1 is 0.651 bits per heavy atom. The van der Waals surface area contributed by atoms with Gasteiger partial charge in [0.15, 0.2) is 12.1 Å². The second-order valence-electron chi connectivity index (χ2n) is 16.4. The average molecular weight is 860 g/mol. The molecule has 3 saturated heterocycles. The summed E-state index contributed by atoms with van der Waals surface area (Å²) in [6.07, 6.45) is 7.51. The Morgan fingerprint density at radius 3 is 1.70 bits per heavy atom. The van der Waals surface area contributed by atoms with Gasteiger partial charge in [-0.05, 0) is 102 Å². The van der Waals surface area contributed by atoms with Gasteiger partial charge >= 0.3 is 0 Å². The summed E-state index contributed by atoms with van der Waals surface area (Å²) < 4.78 is 33.7. The number of fused-ring (bicyclic) bond motifs is 2. The zero-order valence-corrected chi connectivity index (χ0v) is 36.8. The summed E-state index contributed by atoms with van der Waals surface area (Å²) in [4.78, 5) is 62.2. The summed E-state index contributed by atoms with van der Waals surface area (Å²) in [6.45, 7) is 12.4. The van der Waals surface area contributed by atoms with Gasteiger partial charge in [0.25, 0.3) is 0 Å². The predicted octanol–water partition coefficient (Wildman–Crippen LogP) is 6.04. The number of pyridine rings is 4. The maximum Gasteiger partial charge on any atom is 0.227 e. The molecule has 3 aliphatic rings. The molecule has 14 nitrogen and oxygen atoms in total. The van der Waals surface area contributed by atoms with E-state index in [-0.39, 0.29) is 35.7 Å². The molecule has 0 aliphatic carbocycles. The molecule has 0 radical (unpaired) electrons. The van der Waals surface area contributed by atoms with Crippen LogP contribution in [0.3, 0.4) is 0 Å². The van der Waals surface area contributed by atoms with Crippen LogP contribution in [0.2, 0.25) is 0 Å². The van der Waals surface area contributed by atoms with Gasteiger partial charge in [-0.3, -0.25) is 38.1 Å². The first-order valence-corrected chi connectivity index (χ1v) is 21.3. The molecule has 9 heterocycles. The van der Waals surface area contributed by atoms with E-state index in [4.69, 9.17) is 0 Å². The summed E-state index contributed by atoms with van der Waals surface area (Å²) in [7, 11) is 6.13. The zero-order valence-electron chi connectivity index (χ0n) is 36.8. The van der Waals surface area contributed by atoms with Crippen LogP contribution in [0.1, 0.15) is 70.5 Å². The van der Waals surface area contributed by atoms with E-state index in [1.54, 1.807) is 22.9 Å². The fraction of sp³-hybridized carbons (Fsp3) is 0.383. The minimum Gasteiger partial charge on any atom is -0.355 e. The summed E-state index contributed by atoms with van der Waals surface area (Å²) in [5.41, 5.74) is 5.01. The third-order valence-electron chi connectivity index (χ3n) is 12.0. The first-order chi connectivity index (χ1) is 30.3. The number of imidazole rings is 2. The van der Waals surface area contributed by atoms with Crippen LogP contribution >= 0.6 is 0 Å². The lowest BCUT2D eigenvalue weighted by atomic mass is 9.90. The number of rotatable bonds is 7. The molecule has 3 aliphatic heterocycles. The maximum atomic E-state index is 15.9. The Morgan fingerprint density at radius 2 is 1.17 bits per heavy atom. The summed E-state index contributed by atoms with van der Waals surface area (Å²) in [5, 5.41) is 0. The van der Waals surface area contributed by atoms with E-state index in [2.05, 4.69) is 58.5 Å². The highest BCUT2D eigenvalue weighted by molar-refractivity contribution is 5.91. The van der Waals surface area contributed by atoms with Gasteiger partial charge in [0.05, 0.1) is 17.8 Å². The fourth-order valence-electron chi connectivity index (χ4n) is 8.26. The molecule has 0 bridgehead atoms. The number of carbonyl (C=O) groups is 3. The highest BCUT2D eigenvalue weighted by Gasteiger charge is 2.39. The van der Waals surface area contributed by atoms with Crippen LogP contribution in [0.4, 0.5) is 20.4 Å². The molecule has 0 aromatic carbocycles. The zero-order chi connectivity index (χ0) is 44.8. The van der Waals surface area contributed by atoms with Gasteiger partial charge in [0.1, 0.15) is 45.8 Å². The molecule has 16 heteroatoms. The summed E-state index contributed by atoms with van der Waals surface area (Å²) >= 11 is 0. The molecule has 0 saturated carbocycles. The molecule has 6 aromatic rings. The van der Waals surface area contributed by atoms with Crippen LogP contribution in [0.5, 0.6) is 0 Å². The van der Waals surface area contributed by atoms with E-state index in [9.17, 15) is 18.8 Å². The standard InChI is InChI=1S/C24H29FN6O.C16H19FN4O.C7H7NO/c1-16-6-5-9-26-22(16)18-14-17(32)15-19(29(18)3)23-24(25)31-20(27-23)7-4-8-21(31)30-12-10-28(2)11-13-30;1-12(22)6-7-13-16(17)21-14(18-13)4-3-5-15(21)20-10-8-19(2)9-11-20;1-6-3-2-4-8-7(6)5-9/h4-9,18-19H,10-15H2,1-3H3;3-7H,8-11H2,1-2H3;2-5H,1H3/b;7-6+;. The number of likely N-dealkylation sites (tertiary alicyclic amines) is 1. The minimum absolute atomic E-state index is 0.110. The Labute approximate surface area is 366 Å². The number of halogens is 2. The molecular weight excluding hydrogens is 805 g/mol. The molecule has 330 valence electrons. The lowest BCUT2D eigenvalue weighted by Crippen LogP contribution is -2.45. The van der Waals surface area contributed by atoms with Crippen molar-refractivity contribution in [3.8, 4) is 0 Å². The van der Waals surface area contributed by atoms with Crippen LogP contribution in [0.25, 0.3) is 17.4 Å². The average Bonchev–Trinajstić information content (AvgIpc) is 3.80. The van der Waals surface area contributed by atoms with E-state index in [1.807, 2.05) is 75.5 Å². The second-order valence-corrected chi connectivity index (χ2v) is 16.4. The molecule has 0 N–H and O–H groups in total. The Kier molecular flexibility index (Phi) is 14.1. The molecule has 6 aromatic heterocycles. The predicted molar refractivity (Wildman–Crippen MR) is 240 cm³/mol. The maximum absolute atomic E-state index is 15.9. The van der Waals surface area contributed by atoms with Crippen molar-refractivity contribution < 1.29 is 23.2 Å². The lowest BCUT2D eigenvalue weighted by molar-refractivity contribution is -0.125. The number of aldehydes is 1. The number of Topliss-reactive ketones (excluding diaryl/α,β-unsaturated/α-hetero) is 1. The number of allylic oxidation sites excluding steroid dienone is 1. The molecule has 63 heavy (non-hydrogen) atoms. The third kappa shape index (κ3) is 10.0. The Hall–Kier alpha value is -6.23. The molecule has 2 unspecified atom stereocenters. The smallest absolute Gasteiger partial charge is 0.227 e. The van der Waals surface area contributed by atoms with Gasteiger partial charge in [-0.2, -0.15) is 8.78 Å². The van der Waals surface area contributed by atoms with Crippen molar-refractivity contribution >= 4 is 46.9 Å². The number of anilines is 2. The van der Waals surface area contributed by atoms with Crippen LogP contribution in [-0.2, 0) is 9.59 Å². The van der Waals surface area contributed by atoms with Gasteiger partial charge in [0, 0.05) is 77.6 Å². The van der Waals surface area contributed by atoms with Gasteiger partial charge in [-0.25, -0.2) is 9.97 Å². The number of hydrogen-bond acceptors (Lipinski definition) is 12. The first-order valence-electron chi connectivity index (χ1n) is 21.3. The Bertz CT molecular complexity index is 2610. The fourth-order valence-corrected chi connectivity index (χ4v) is 8.26. The molecule has 0 spiro atoms. The van der Waals surface area contributed by atoms with Crippen LogP contribution < -0.4 is 9.80 Å². The number of aryl methyl sites for hydroxylation is 2. The van der Waals surface area contributed by atoms with E-state index in [0.717, 1.165) is 87.1 Å². The normalized spacial score (nSPS) is 19.0. The number of nitrogens with zero attached hydrogens (tertiary/aromatic N) is 11. The number of ketones is 2. The number of carbonyl (C=O) groups excluding carboxylic acids is 3. The quantitative estimate of drug-likeness (QED) is 0.137. The van der Waals surface area contributed by atoms with E-state index in [0.29, 0.717) is 29.1 Å². The van der Waals surface area contributed by atoms with Crippen molar-refractivity contribution in [1.82, 2.24) is 43.4 Å². The number of piperazine rings is 2. The molecule has 0 amide bonds. The van der Waals surface area contributed by atoms with Crippen LogP contribution in [0, 0.1) is 25.7 Å².